The summed E-state index contributed by atoms with van der Waals surface area (Å²) in [6, 6.07) is 6.49. The molecule has 0 bridgehead atoms. The summed E-state index contributed by atoms with van der Waals surface area (Å²) in [7, 11) is 0. The van der Waals surface area contributed by atoms with Crippen molar-refractivity contribution in [1.82, 2.24) is 0 Å². The van der Waals surface area contributed by atoms with Gasteiger partial charge in [-0.05, 0) is 61.1 Å². The summed E-state index contributed by atoms with van der Waals surface area (Å²) in [6.07, 6.45) is -4.57. The molecule has 2 rings (SSSR count). The van der Waals surface area contributed by atoms with Gasteiger partial charge >= 0.3 is 23.9 Å². The van der Waals surface area contributed by atoms with Gasteiger partial charge in [-0.25, -0.2) is 0 Å². The first-order chi connectivity index (χ1) is 21.4. The van der Waals surface area contributed by atoms with E-state index in [0.717, 1.165) is 37.3 Å². The van der Waals surface area contributed by atoms with Crippen LogP contribution in [-0.2, 0) is 20.4 Å². The van der Waals surface area contributed by atoms with Gasteiger partial charge in [0.05, 0.1) is 16.4 Å². The number of halogens is 8. The maximum absolute atomic E-state index is 13.9. The van der Waals surface area contributed by atoms with Crippen LogP contribution in [-0.4, -0.2) is 41.0 Å². The van der Waals surface area contributed by atoms with Crippen LogP contribution in [0.25, 0.3) is 0 Å². The van der Waals surface area contributed by atoms with Crippen LogP contribution in [0.15, 0.2) is 24.3 Å². The lowest BCUT2D eigenvalue weighted by Gasteiger charge is -2.31. The summed E-state index contributed by atoms with van der Waals surface area (Å²) in [5, 5.41) is 13.8. The van der Waals surface area contributed by atoms with Crippen molar-refractivity contribution in [3.05, 3.63) is 46.0 Å². The number of amides is 2. The second-order valence-electron chi connectivity index (χ2n) is 12.8. The Balaban J connectivity index is 2.47. The molecular formula is C33H42ClF7N2O4. The number of carbonyl (C=O) groups is 2. The van der Waals surface area contributed by atoms with E-state index in [0.29, 0.717) is 18.2 Å². The normalized spacial score (nSPS) is 13.7. The van der Waals surface area contributed by atoms with Gasteiger partial charge in [-0.15, -0.1) is 0 Å². The van der Waals surface area contributed by atoms with Crippen LogP contribution in [0.1, 0.15) is 97.3 Å². The summed E-state index contributed by atoms with van der Waals surface area (Å²) in [4.78, 5) is 25.5. The summed E-state index contributed by atoms with van der Waals surface area (Å²) in [5.74, 6) is -17.2. The number of benzene rings is 2. The summed E-state index contributed by atoms with van der Waals surface area (Å²) in [5.41, 5.74) is 0.0602. The van der Waals surface area contributed by atoms with Crippen LogP contribution in [0.2, 0.25) is 5.02 Å². The minimum absolute atomic E-state index is 0.118. The first-order valence-electron chi connectivity index (χ1n) is 15.2. The Morgan fingerprint density at radius 3 is 2.00 bits per heavy atom. The molecule has 0 aliphatic carbocycles. The highest BCUT2D eigenvalue weighted by molar-refractivity contribution is 6.34. The zero-order chi connectivity index (χ0) is 36.3. The van der Waals surface area contributed by atoms with Gasteiger partial charge in [0.15, 0.2) is 6.10 Å². The fourth-order valence-corrected chi connectivity index (χ4v) is 4.80. The van der Waals surface area contributed by atoms with Gasteiger partial charge in [0.25, 0.3) is 5.91 Å². The van der Waals surface area contributed by atoms with E-state index in [4.69, 9.17) is 16.3 Å². The Kier molecular flexibility index (Phi) is 12.3. The number of carbonyl (C=O) groups excluding carboxylic acids is 2. The summed E-state index contributed by atoms with van der Waals surface area (Å²) < 4.78 is 98.4. The number of phenolic OH excluding ortho intramolecular Hbond substituents is 1. The molecule has 0 radical (unpaired) electrons. The highest BCUT2D eigenvalue weighted by Crippen LogP contribution is 2.48. The molecule has 2 aromatic carbocycles. The molecule has 0 aromatic heterocycles. The standard InChI is InChI=1S/C33H42ClF7N2O4/c1-9-12-13-24(47-23-15-14-19(29(5,6)10-2)16-20(23)30(7,8)11-3)27(45)43-25-18(4)26(44)22(17-21(25)34)42-28(46)31(35,36)32(37,38)33(39,40)41/h14-17,24,44H,9-13H2,1-8H3,(H,42,46)(H,43,45). The van der Waals surface area contributed by atoms with E-state index in [1.54, 1.807) is 0 Å². The van der Waals surface area contributed by atoms with Crippen molar-refractivity contribution in [1.29, 1.82) is 0 Å². The number of hydrogen-bond acceptors (Lipinski definition) is 4. The zero-order valence-corrected chi connectivity index (χ0v) is 28.4. The number of phenols is 1. The van der Waals surface area contributed by atoms with Gasteiger partial charge in [0.1, 0.15) is 11.5 Å². The molecule has 1 atom stereocenters. The highest BCUT2D eigenvalue weighted by Gasteiger charge is 2.76. The molecule has 14 heteroatoms. The largest absolute Gasteiger partial charge is 0.505 e. The second-order valence-corrected chi connectivity index (χ2v) is 13.2. The predicted octanol–water partition coefficient (Wildman–Crippen LogP) is 10.1. The van der Waals surface area contributed by atoms with Crippen molar-refractivity contribution in [2.24, 2.45) is 0 Å². The molecule has 2 aromatic rings. The molecule has 0 spiro atoms. The van der Waals surface area contributed by atoms with Crippen molar-refractivity contribution < 1.29 is 50.2 Å². The number of rotatable bonds is 14. The molecule has 3 N–H and O–H groups in total. The van der Waals surface area contributed by atoms with Crippen molar-refractivity contribution in [2.75, 3.05) is 10.6 Å². The molecule has 0 aliphatic rings. The number of alkyl halides is 7. The Hall–Kier alpha value is -3.22. The highest BCUT2D eigenvalue weighted by atomic mass is 35.5. The molecule has 6 nitrogen and oxygen atoms in total. The average molecular weight is 699 g/mol. The Morgan fingerprint density at radius 2 is 1.49 bits per heavy atom. The van der Waals surface area contributed by atoms with Crippen LogP contribution in [0, 0.1) is 6.92 Å². The number of anilines is 2. The Morgan fingerprint density at radius 1 is 0.915 bits per heavy atom. The van der Waals surface area contributed by atoms with Gasteiger partial charge in [-0.3, -0.25) is 9.59 Å². The van der Waals surface area contributed by atoms with E-state index in [1.165, 1.54) is 5.32 Å². The molecule has 264 valence electrons. The number of unbranched alkanes of at least 4 members (excludes halogenated alkanes) is 1. The molecule has 47 heavy (non-hydrogen) atoms. The van der Waals surface area contributed by atoms with E-state index >= 15 is 0 Å². The first kappa shape index (κ1) is 40.0. The molecule has 1 unspecified atom stereocenters. The third-order valence-corrected chi connectivity index (χ3v) is 8.96. The van der Waals surface area contributed by atoms with E-state index in [-0.39, 0.29) is 28.5 Å². The fourth-order valence-electron chi connectivity index (χ4n) is 4.50. The first-order valence-corrected chi connectivity index (χ1v) is 15.6. The third kappa shape index (κ3) is 8.45. The number of nitrogens with one attached hydrogen (secondary N) is 2. The average Bonchev–Trinajstić information content (AvgIpc) is 2.98. The van der Waals surface area contributed by atoms with Gasteiger partial charge in [-0.1, -0.05) is 78.6 Å². The van der Waals surface area contributed by atoms with E-state index in [2.05, 4.69) is 46.0 Å². The fraction of sp³-hybridized carbons (Fsp3) is 0.576. The Labute approximate surface area is 275 Å². The van der Waals surface area contributed by atoms with E-state index in [9.17, 15) is 45.4 Å². The lowest BCUT2D eigenvalue weighted by atomic mass is 9.76. The van der Waals surface area contributed by atoms with Crippen molar-refractivity contribution >= 4 is 34.8 Å². The van der Waals surface area contributed by atoms with Crippen LogP contribution in [0.3, 0.4) is 0 Å². The second kappa shape index (κ2) is 14.5. The maximum Gasteiger partial charge on any atom is 0.460 e. The lowest BCUT2D eigenvalue weighted by Crippen LogP contribution is -2.57. The number of hydrogen-bond donors (Lipinski definition) is 3. The van der Waals surface area contributed by atoms with E-state index < -0.39 is 52.4 Å². The van der Waals surface area contributed by atoms with Crippen molar-refractivity contribution in [3.63, 3.8) is 0 Å². The van der Waals surface area contributed by atoms with Crippen LogP contribution in [0.4, 0.5) is 42.1 Å². The van der Waals surface area contributed by atoms with Crippen LogP contribution < -0.4 is 15.4 Å². The summed E-state index contributed by atoms with van der Waals surface area (Å²) >= 11 is 6.22. The number of ether oxygens (including phenoxy) is 1. The molecule has 0 saturated carbocycles. The minimum atomic E-state index is -6.74. The third-order valence-electron chi connectivity index (χ3n) is 8.67. The molecular weight excluding hydrogens is 657 g/mol. The van der Waals surface area contributed by atoms with Crippen molar-refractivity contribution in [2.45, 2.75) is 122 Å². The molecule has 0 aliphatic heterocycles. The van der Waals surface area contributed by atoms with E-state index in [1.807, 2.05) is 26.0 Å². The van der Waals surface area contributed by atoms with Crippen LogP contribution >= 0.6 is 11.6 Å². The lowest BCUT2D eigenvalue weighted by molar-refractivity contribution is -0.343. The van der Waals surface area contributed by atoms with Gasteiger partial charge < -0.3 is 20.5 Å². The minimum Gasteiger partial charge on any atom is -0.505 e. The van der Waals surface area contributed by atoms with Gasteiger partial charge in [0.2, 0.25) is 0 Å². The SMILES string of the molecule is CCCCC(Oc1ccc(C(C)(C)CC)cc1C(C)(C)CC)C(=O)Nc1c(Cl)cc(NC(=O)C(F)(F)C(F)(F)C(F)(F)F)c(O)c1C. The zero-order valence-electron chi connectivity index (χ0n) is 27.6. The maximum atomic E-state index is 13.9. The molecule has 2 amide bonds. The monoisotopic (exact) mass is 698 g/mol. The van der Waals surface area contributed by atoms with Crippen LogP contribution in [0.5, 0.6) is 11.5 Å². The Bertz CT molecular complexity index is 1460. The van der Waals surface area contributed by atoms with Crippen molar-refractivity contribution in [3.8, 4) is 11.5 Å². The predicted molar refractivity (Wildman–Crippen MR) is 168 cm³/mol. The molecule has 0 saturated heterocycles. The quantitative estimate of drug-likeness (QED) is 0.135. The van der Waals surface area contributed by atoms with Gasteiger partial charge in [0, 0.05) is 11.1 Å². The molecule has 0 heterocycles. The summed E-state index contributed by atoms with van der Waals surface area (Å²) in [6.45, 7) is 15.6. The molecule has 0 fully saturated rings. The number of aromatic hydroxyl groups is 1. The smallest absolute Gasteiger partial charge is 0.460 e. The topological polar surface area (TPSA) is 87.7 Å². The van der Waals surface area contributed by atoms with Gasteiger partial charge in [-0.2, -0.15) is 30.7 Å².